The standard InChI is InChI=1S/C18H26N4OS/c1-13-17(24-14(2)22-13)12-21-18(19-3)20-11-5-6-15-7-9-16(23-4)10-8-15/h7-10H,5-6,11-12H2,1-4H3,(H2,19,20,21). The second-order valence-electron chi connectivity index (χ2n) is 5.55. The number of aliphatic imine (C=N–C) groups is 1. The zero-order valence-electron chi connectivity index (χ0n) is 14.8. The third kappa shape index (κ3) is 5.53. The molecular weight excluding hydrogens is 320 g/mol. The van der Waals surface area contributed by atoms with Crippen molar-refractivity contribution in [2.75, 3.05) is 20.7 Å². The van der Waals surface area contributed by atoms with E-state index in [2.05, 4.69) is 32.7 Å². The second-order valence-corrected chi connectivity index (χ2v) is 6.83. The molecule has 2 N–H and O–H groups in total. The Hall–Kier alpha value is -2.08. The number of methoxy groups -OCH3 is 1. The molecule has 0 saturated carbocycles. The third-order valence-corrected chi connectivity index (χ3v) is 4.81. The zero-order chi connectivity index (χ0) is 17.4. The van der Waals surface area contributed by atoms with Gasteiger partial charge >= 0.3 is 0 Å². The van der Waals surface area contributed by atoms with Crippen LogP contribution in [0.4, 0.5) is 0 Å². The van der Waals surface area contributed by atoms with Crippen molar-refractivity contribution in [3.8, 4) is 5.75 Å². The first-order chi connectivity index (χ1) is 11.6. The molecule has 0 aliphatic carbocycles. The number of rotatable bonds is 7. The number of hydrogen-bond donors (Lipinski definition) is 2. The first kappa shape index (κ1) is 18.3. The maximum absolute atomic E-state index is 5.17. The van der Waals surface area contributed by atoms with Crippen molar-refractivity contribution in [1.29, 1.82) is 0 Å². The first-order valence-corrected chi connectivity index (χ1v) is 8.94. The third-order valence-electron chi connectivity index (χ3n) is 3.73. The Morgan fingerprint density at radius 2 is 1.96 bits per heavy atom. The fraction of sp³-hybridized carbons (Fsp3) is 0.444. The monoisotopic (exact) mass is 346 g/mol. The molecule has 0 amide bonds. The van der Waals surface area contributed by atoms with Gasteiger partial charge in [-0.15, -0.1) is 11.3 Å². The number of guanidine groups is 1. The van der Waals surface area contributed by atoms with Crippen molar-refractivity contribution in [1.82, 2.24) is 15.6 Å². The summed E-state index contributed by atoms with van der Waals surface area (Å²) < 4.78 is 5.17. The van der Waals surface area contributed by atoms with Crippen LogP contribution in [0.25, 0.3) is 0 Å². The maximum Gasteiger partial charge on any atom is 0.191 e. The molecule has 130 valence electrons. The molecule has 2 rings (SSSR count). The van der Waals surface area contributed by atoms with Crippen molar-refractivity contribution in [2.24, 2.45) is 4.99 Å². The lowest BCUT2D eigenvalue weighted by Crippen LogP contribution is -2.37. The molecule has 0 bridgehead atoms. The summed E-state index contributed by atoms with van der Waals surface area (Å²) in [7, 11) is 3.48. The minimum atomic E-state index is 0.759. The molecule has 1 aromatic heterocycles. The molecule has 5 nitrogen and oxygen atoms in total. The molecule has 0 aliphatic heterocycles. The lowest BCUT2D eigenvalue weighted by Gasteiger charge is -2.11. The largest absolute Gasteiger partial charge is 0.497 e. The predicted octanol–water partition coefficient (Wildman–Crippen LogP) is 3.07. The van der Waals surface area contributed by atoms with Crippen LogP contribution in [-0.4, -0.2) is 31.6 Å². The highest BCUT2D eigenvalue weighted by molar-refractivity contribution is 7.11. The van der Waals surface area contributed by atoms with Gasteiger partial charge in [-0.25, -0.2) is 4.98 Å². The lowest BCUT2D eigenvalue weighted by molar-refractivity contribution is 0.414. The van der Waals surface area contributed by atoms with E-state index in [-0.39, 0.29) is 0 Å². The van der Waals surface area contributed by atoms with Crippen LogP contribution in [0.1, 0.15) is 27.6 Å². The number of hydrogen-bond acceptors (Lipinski definition) is 4. The maximum atomic E-state index is 5.17. The van der Waals surface area contributed by atoms with Gasteiger partial charge in [0.2, 0.25) is 0 Å². The van der Waals surface area contributed by atoms with E-state index in [0.29, 0.717) is 0 Å². The summed E-state index contributed by atoms with van der Waals surface area (Å²) in [5, 5.41) is 7.81. The Kier molecular flexibility index (Phi) is 7.06. The van der Waals surface area contributed by atoms with Gasteiger partial charge in [-0.05, 0) is 44.4 Å². The van der Waals surface area contributed by atoms with Gasteiger partial charge in [0.05, 0.1) is 24.4 Å². The molecule has 24 heavy (non-hydrogen) atoms. The van der Waals surface area contributed by atoms with Crippen molar-refractivity contribution in [3.63, 3.8) is 0 Å². The molecule has 2 aromatic rings. The molecule has 1 aromatic carbocycles. The van der Waals surface area contributed by atoms with E-state index < -0.39 is 0 Å². The highest BCUT2D eigenvalue weighted by Crippen LogP contribution is 2.16. The smallest absolute Gasteiger partial charge is 0.191 e. The molecule has 0 radical (unpaired) electrons. The number of ether oxygens (including phenoxy) is 1. The topological polar surface area (TPSA) is 58.5 Å². The highest BCUT2D eigenvalue weighted by Gasteiger charge is 2.05. The average Bonchev–Trinajstić information content (AvgIpc) is 2.92. The molecule has 0 saturated heterocycles. The average molecular weight is 347 g/mol. The Labute approximate surface area is 148 Å². The van der Waals surface area contributed by atoms with Crippen LogP contribution in [0.5, 0.6) is 5.75 Å². The van der Waals surface area contributed by atoms with Gasteiger partial charge in [-0.2, -0.15) is 0 Å². The Bertz CT molecular complexity index is 664. The predicted molar refractivity (Wildman–Crippen MR) is 101 cm³/mol. The minimum Gasteiger partial charge on any atom is -0.497 e. The Morgan fingerprint density at radius 3 is 2.54 bits per heavy atom. The van der Waals surface area contributed by atoms with Crippen LogP contribution >= 0.6 is 11.3 Å². The SMILES string of the molecule is CN=C(NCCCc1ccc(OC)cc1)NCc1sc(C)nc1C. The summed E-state index contributed by atoms with van der Waals surface area (Å²) in [6.07, 6.45) is 2.08. The summed E-state index contributed by atoms with van der Waals surface area (Å²) in [5.41, 5.74) is 2.41. The second kappa shape index (κ2) is 9.27. The fourth-order valence-corrected chi connectivity index (χ4v) is 3.29. The number of benzene rings is 1. The van der Waals surface area contributed by atoms with Gasteiger partial charge in [-0.3, -0.25) is 4.99 Å². The van der Waals surface area contributed by atoms with Crippen LogP contribution in [-0.2, 0) is 13.0 Å². The number of nitrogens with one attached hydrogen (secondary N) is 2. The number of nitrogens with zero attached hydrogens (tertiary/aromatic N) is 2. The summed E-state index contributed by atoms with van der Waals surface area (Å²) in [6, 6.07) is 8.23. The van der Waals surface area contributed by atoms with E-state index in [1.807, 2.05) is 26.0 Å². The number of aromatic nitrogens is 1. The van der Waals surface area contributed by atoms with E-state index >= 15 is 0 Å². The summed E-state index contributed by atoms with van der Waals surface area (Å²) >= 11 is 1.73. The van der Waals surface area contributed by atoms with Crippen LogP contribution < -0.4 is 15.4 Å². The molecule has 1 heterocycles. The fourth-order valence-electron chi connectivity index (χ4n) is 2.41. The van der Waals surface area contributed by atoms with E-state index in [1.165, 1.54) is 10.4 Å². The van der Waals surface area contributed by atoms with Crippen LogP contribution in [0.3, 0.4) is 0 Å². The minimum absolute atomic E-state index is 0.759. The highest BCUT2D eigenvalue weighted by atomic mass is 32.1. The van der Waals surface area contributed by atoms with Crippen LogP contribution in [0.2, 0.25) is 0 Å². The number of aryl methyl sites for hydroxylation is 3. The van der Waals surface area contributed by atoms with Crippen molar-refractivity contribution >= 4 is 17.3 Å². The first-order valence-electron chi connectivity index (χ1n) is 8.12. The van der Waals surface area contributed by atoms with E-state index in [4.69, 9.17) is 4.74 Å². The van der Waals surface area contributed by atoms with Crippen molar-refractivity contribution in [3.05, 3.63) is 45.4 Å². The zero-order valence-corrected chi connectivity index (χ0v) is 15.7. The molecule has 0 spiro atoms. The van der Waals surface area contributed by atoms with Crippen LogP contribution in [0, 0.1) is 13.8 Å². The van der Waals surface area contributed by atoms with Gasteiger partial charge in [0, 0.05) is 18.5 Å². The van der Waals surface area contributed by atoms with E-state index in [1.54, 1.807) is 25.5 Å². The Balaban J connectivity index is 1.70. The lowest BCUT2D eigenvalue weighted by atomic mass is 10.1. The molecule has 0 fully saturated rings. The van der Waals surface area contributed by atoms with Crippen molar-refractivity contribution in [2.45, 2.75) is 33.2 Å². The molecular formula is C18H26N4OS. The summed E-state index contributed by atoms with van der Waals surface area (Å²) in [4.78, 5) is 9.97. The van der Waals surface area contributed by atoms with Gasteiger partial charge < -0.3 is 15.4 Å². The normalized spacial score (nSPS) is 11.4. The van der Waals surface area contributed by atoms with Gasteiger partial charge in [0.1, 0.15) is 5.75 Å². The molecule has 0 unspecified atom stereocenters. The van der Waals surface area contributed by atoms with Gasteiger partial charge in [-0.1, -0.05) is 12.1 Å². The van der Waals surface area contributed by atoms with Crippen molar-refractivity contribution < 1.29 is 4.74 Å². The molecule has 0 atom stereocenters. The quantitative estimate of drug-likeness (QED) is 0.460. The van der Waals surface area contributed by atoms with E-state index in [9.17, 15) is 0 Å². The van der Waals surface area contributed by atoms with Crippen LogP contribution in [0.15, 0.2) is 29.3 Å². The molecule has 6 heteroatoms. The summed E-state index contributed by atoms with van der Waals surface area (Å²) in [6.45, 7) is 5.72. The number of thiazole rings is 1. The van der Waals surface area contributed by atoms with Gasteiger partial charge in [0.25, 0.3) is 0 Å². The van der Waals surface area contributed by atoms with E-state index in [0.717, 1.165) is 48.3 Å². The van der Waals surface area contributed by atoms with Gasteiger partial charge in [0.15, 0.2) is 5.96 Å². The molecule has 0 aliphatic rings. The Morgan fingerprint density at radius 1 is 1.21 bits per heavy atom. The summed E-state index contributed by atoms with van der Waals surface area (Å²) in [5.74, 6) is 1.73.